The molecular formula is C25H30FN5O2. The average molecular weight is 452 g/mol. The van der Waals surface area contributed by atoms with Crippen molar-refractivity contribution in [1.82, 2.24) is 24.6 Å². The molecule has 7 nitrogen and oxygen atoms in total. The summed E-state index contributed by atoms with van der Waals surface area (Å²) in [6, 6.07) is 6.58. The third kappa shape index (κ3) is 3.74. The lowest BCUT2D eigenvalue weighted by Crippen LogP contribution is -2.54. The Bertz CT molecular complexity index is 1190. The third-order valence-electron chi connectivity index (χ3n) is 7.66. The van der Waals surface area contributed by atoms with Crippen molar-refractivity contribution >= 4 is 10.9 Å². The molecule has 2 aliphatic heterocycles. The third-order valence-corrected chi connectivity index (χ3v) is 7.66. The largest absolute Gasteiger partial charge is 0.393 e. The number of aromatic nitrogens is 4. The number of aliphatic hydroxyl groups excluding tert-OH is 1. The molecule has 0 amide bonds. The number of alkyl halides is 1. The lowest BCUT2D eigenvalue weighted by molar-refractivity contribution is -0.0807. The van der Waals surface area contributed by atoms with Crippen LogP contribution >= 0.6 is 0 Å². The predicted octanol–water partition coefficient (Wildman–Crippen LogP) is 3.20. The second-order valence-electron chi connectivity index (χ2n) is 9.94. The molecule has 8 heteroatoms. The number of nitrogens with zero attached hydrogens (tertiary/aromatic N) is 5. The van der Waals surface area contributed by atoms with Crippen LogP contribution in [0.3, 0.4) is 0 Å². The van der Waals surface area contributed by atoms with Crippen LogP contribution in [-0.4, -0.2) is 74.4 Å². The summed E-state index contributed by atoms with van der Waals surface area (Å²) in [7, 11) is 0. The molecule has 174 valence electrons. The van der Waals surface area contributed by atoms with Gasteiger partial charge in [-0.15, -0.1) is 0 Å². The van der Waals surface area contributed by atoms with Crippen molar-refractivity contribution in [3.05, 3.63) is 47.0 Å². The van der Waals surface area contributed by atoms with E-state index in [-0.39, 0.29) is 17.9 Å². The molecule has 2 aromatic heterocycles. The topological polar surface area (TPSA) is 76.3 Å². The number of halogens is 1. The summed E-state index contributed by atoms with van der Waals surface area (Å²) < 4.78 is 22.5. The number of piperidine rings is 1. The SMILES string of the molecule is Cc1nc(-n2ncc3cc(C)c(C4CCN(C5COC5)CC4F)cc32)cc([C@H]2C[C@H](O)C2)n1. The van der Waals surface area contributed by atoms with Crippen LogP contribution in [0.1, 0.15) is 53.7 Å². The van der Waals surface area contributed by atoms with E-state index in [0.29, 0.717) is 18.4 Å². The molecule has 6 rings (SSSR count). The van der Waals surface area contributed by atoms with Gasteiger partial charge in [-0.05, 0) is 62.9 Å². The van der Waals surface area contributed by atoms with E-state index in [2.05, 4.69) is 39.0 Å². The zero-order valence-corrected chi connectivity index (χ0v) is 19.1. The fraction of sp³-hybridized carbons (Fsp3) is 0.560. The van der Waals surface area contributed by atoms with Crippen molar-refractivity contribution in [3.8, 4) is 5.82 Å². The van der Waals surface area contributed by atoms with Crippen molar-refractivity contribution in [2.75, 3.05) is 26.3 Å². The maximum Gasteiger partial charge on any atom is 0.157 e. The molecule has 0 spiro atoms. The normalized spacial score (nSPS) is 28.6. The Hall–Kier alpha value is -2.42. The minimum atomic E-state index is -0.898. The zero-order valence-electron chi connectivity index (χ0n) is 19.1. The molecule has 3 fully saturated rings. The van der Waals surface area contributed by atoms with Crippen LogP contribution in [0.4, 0.5) is 4.39 Å². The van der Waals surface area contributed by atoms with Gasteiger partial charge in [-0.2, -0.15) is 5.10 Å². The molecule has 2 unspecified atom stereocenters. The lowest BCUT2D eigenvalue weighted by Gasteiger charge is -2.43. The highest BCUT2D eigenvalue weighted by molar-refractivity contribution is 5.82. The number of benzene rings is 1. The fourth-order valence-electron chi connectivity index (χ4n) is 5.55. The summed E-state index contributed by atoms with van der Waals surface area (Å²) in [6.45, 7) is 6.77. The van der Waals surface area contributed by atoms with Gasteiger partial charge in [-0.1, -0.05) is 0 Å². The van der Waals surface area contributed by atoms with Crippen molar-refractivity contribution < 1.29 is 14.2 Å². The first kappa shape index (κ1) is 21.1. The van der Waals surface area contributed by atoms with Gasteiger partial charge in [0.25, 0.3) is 0 Å². The van der Waals surface area contributed by atoms with E-state index in [9.17, 15) is 5.11 Å². The fourth-order valence-corrected chi connectivity index (χ4v) is 5.55. The van der Waals surface area contributed by atoms with E-state index in [1.807, 2.05) is 23.9 Å². The molecule has 1 N–H and O–H groups in total. The molecular weight excluding hydrogens is 421 g/mol. The van der Waals surface area contributed by atoms with Gasteiger partial charge in [-0.3, -0.25) is 4.90 Å². The first-order valence-corrected chi connectivity index (χ1v) is 11.9. The molecule has 2 saturated heterocycles. The number of hydrogen-bond acceptors (Lipinski definition) is 6. The number of ether oxygens (including phenoxy) is 1. The Labute approximate surface area is 192 Å². The predicted molar refractivity (Wildman–Crippen MR) is 123 cm³/mol. The highest BCUT2D eigenvalue weighted by atomic mass is 19.1. The quantitative estimate of drug-likeness (QED) is 0.657. The highest BCUT2D eigenvalue weighted by Crippen LogP contribution is 2.38. The molecule has 0 bridgehead atoms. The van der Waals surface area contributed by atoms with Gasteiger partial charge in [-0.25, -0.2) is 19.0 Å². The standard InChI is InChI=1S/C25H30FN5O2/c1-14-5-17-10-27-31(25-9-23(28-15(2)29-25)16-6-19(32)7-16)24(17)8-21(14)20-3-4-30(11-22(20)26)18-12-33-13-18/h5,8-10,16,18-20,22,32H,3-4,6-7,11-13H2,1-2H3/t16-,19-,20?,22?. The van der Waals surface area contributed by atoms with Crippen LogP contribution in [0.2, 0.25) is 0 Å². The van der Waals surface area contributed by atoms with E-state index in [1.54, 1.807) is 0 Å². The van der Waals surface area contributed by atoms with Gasteiger partial charge in [0.15, 0.2) is 5.82 Å². The van der Waals surface area contributed by atoms with E-state index < -0.39 is 6.17 Å². The minimum Gasteiger partial charge on any atom is -0.393 e. The van der Waals surface area contributed by atoms with Crippen LogP contribution in [0.25, 0.3) is 16.7 Å². The molecule has 33 heavy (non-hydrogen) atoms. The molecule has 1 aliphatic carbocycles. The van der Waals surface area contributed by atoms with E-state index in [4.69, 9.17) is 4.74 Å². The van der Waals surface area contributed by atoms with Crippen molar-refractivity contribution in [1.29, 1.82) is 0 Å². The molecule has 1 aromatic carbocycles. The second kappa shape index (κ2) is 8.11. The van der Waals surface area contributed by atoms with Gasteiger partial charge in [0.1, 0.15) is 12.0 Å². The molecule has 3 aliphatic rings. The van der Waals surface area contributed by atoms with Crippen LogP contribution < -0.4 is 0 Å². The number of rotatable bonds is 4. The molecule has 2 atom stereocenters. The molecule has 1 saturated carbocycles. The van der Waals surface area contributed by atoms with Crippen molar-refractivity contribution in [2.45, 2.75) is 63.3 Å². The number of aryl methyl sites for hydroxylation is 2. The second-order valence-corrected chi connectivity index (χ2v) is 9.94. The van der Waals surface area contributed by atoms with E-state index >= 15 is 4.39 Å². The first-order chi connectivity index (χ1) is 16.0. The summed E-state index contributed by atoms with van der Waals surface area (Å²) >= 11 is 0. The Kier molecular flexibility index (Phi) is 5.19. The lowest BCUT2D eigenvalue weighted by atomic mass is 9.80. The molecule has 4 heterocycles. The summed E-state index contributed by atoms with van der Waals surface area (Å²) in [4.78, 5) is 11.5. The Morgan fingerprint density at radius 2 is 1.94 bits per heavy atom. The first-order valence-electron chi connectivity index (χ1n) is 11.9. The highest BCUT2D eigenvalue weighted by Gasteiger charge is 2.36. The number of fused-ring (bicyclic) bond motifs is 1. The van der Waals surface area contributed by atoms with Gasteiger partial charge in [0, 0.05) is 35.5 Å². The van der Waals surface area contributed by atoms with Crippen LogP contribution in [-0.2, 0) is 4.74 Å². The van der Waals surface area contributed by atoms with Gasteiger partial charge < -0.3 is 9.84 Å². The average Bonchev–Trinajstić information content (AvgIpc) is 3.12. The summed E-state index contributed by atoms with van der Waals surface area (Å²) in [5.41, 5.74) is 4.07. The van der Waals surface area contributed by atoms with Gasteiger partial charge >= 0.3 is 0 Å². The molecule has 0 radical (unpaired) electrons. The van der Waals surface area contributed by atoms with Crippen molar-refractivity contribution in [3.63, 3.8) is 0 Å². The summed E-state index contributed by atoms with van der Waals surface area (Å²) in [6.07, 6.45) is 3.00. The van der Waals surface area contributed by atoms with Crippen molar-refractivity contribution in [2.24, 2.45) is 0 Å². The maximum atomic E-state index is 15.4. The van der Waals surface area contributed by atoms with Crippen LogP contribution in [0.15, 0.2) is 24.4 Å². The van der Waals surface area contributed by atoms with Crippen LogP contribution in [0.5, 0.6) is 0 Å². The Morgan fingerprint density at radius 3 is 2.64 bits per heavy atom. The van der Waals surface area contributed by atoms with Gasteiger partial charge in [0.2, 0.25) is 0 Å². The smallest absolute Gasteiger partial charge is 0.157 e. The number of likely N-dealkylation sites (tertiary alicyclic amines) is 1. The number of hydrogen-bond donors (Lipinski definition) is 1. The zero-order chi connectivity index (χ0) is 22.7. The van der Waals surface area contributed by atoms with E-state index in [0.717, 1.165) is 72.6 Å². The van der Waals surface area contributed by atoms with Gasteiger partial charge in [0.05, 0.1) is 37.1 Å². The summed E-state index contributed by atoms with van der Waals surface area (Å²) in [5.74, 6) is 1.56. The number of aliphatic hydroxyl groups is 1. The Morgan fingerprint density at radius 1 is 1.12 bits per heavy atom. The Balaban J connectivity index is 1.33. The maximum absolute atomic E-state index is 15.4. The summed E-state index contributed by atoms with van der Waals surface area (Å²) in [5, 5.41) is 15.4. The minimum absolute atomic E-state index is 0.117. The van der Waals surface area contributed by atoms with E-state index in [1.165, 1.54) is 0 Å². The monoisotopic (exact) mass is 451 g/mol. The molecule has 3 aromatic rings. The van der Waals surface area contributed by atoms with Crippen LogP contribution in [0, 0.1) is 13.8 Å².